The topological polar surface area (TPSA) is 68.5 Å². The van der Waals surface area contributed by atoms with E-state index >= 15 is 0 Å². The molecule has 0 saturated heterocycles. The molecular weight excluding hydrogens is 396 g/mol. The molecule has 1 aromatic heterocycles. The number of nitrogens with zero attached hydrogens (tertiary/aromatic N) is 3. The minimum atomic E-state index is -0.0898. The van der Waals surface area contributed by atoms with E-state index in [-0.39, 0.29) is 5.56 Å². The first-order chi connectivity index (χ1) is 12.7. The number of hydrazone groups is 1. The molecule has 0 aliphatic heterocycles. The van der Waals surface area contributed by atoms with Crippen LogP contribution < -0.4 is 11.0 Å². The Morgan fingerprint density at radius 3 is 2.77 bits per heavy atom. The number of rotatable bonds is 7. The second kappa shape index (κ2) is 8.73. The molecule has 0 fully saturated rings. The molecule has 134 valence electrons. The van der Waals surface area contributed by atoms with E-state index in [9.17, 15) is 4.79 Å². The largest absolute Gasteiger partial charge is 0.385 e. The molecule has 3 rings (SSSR count). The van der Waals surface area contributed by atoms with Gasteiger partial charge < -0.3 is 4.74 Å². The maximum atomic E-state index is 12.8. The lowest BCUT2D eigenvalue weighted by atomic mass is 10.2. The van der Waals surface area contributed by atoms with Crippen LogP contribution >= 0.6 is 15.9 Å². The van der Waals surface area contributed by atoms with Gasteiger partial charge in [0, 0.05) is 24.7 Å². The minimum absolute atomic E-state index is 0.0898. The molecule has 26 heavy (non-hydrogen) atoms. The standard InChI is InChI=1S/C19H19BrN4O2/c1-26-12-4-11-24-18(25)16-5-2-3-6-17(16)22-19(24)23-21-13-14-7-9-15(20)10-8-14/h2-3,5-10,13H,4,11-12H2,1H3,(H,22,23)/b21-13-. The highest BCUT2D eigenvalue weighted by atomic mass is 79.9. The summed E-state index contributed by atoms with van der Waals surface area (Å²) in [5, 5.41) is 4.82. The summed E-state index contributed by atoms with van der Waals surface area (Å²) >= 11 is 3.40. The summed E-state index contributed by atoms with van der Waals surface area (Å²) in [5.41, 5.74) is 4.40. The third-order valence-electron chi connectivity index (χ3n) is 3.84. The van der Waals surface area contributed by atoms with Gasteiger partial charge in [0.1, 0.15) is 0 Å². The number of methoxy groups -OCH3 is 1. The fourth-order valence-electron chi connectivity index (χ4n) is 2.54. The van der Waals surface area contributed by atoms with Crippen molar-refractivity contribution in [3.8, 4) is 0 Å². The molecule has 2 aromatic carbocycles. The highest BCUT2D eigenvalue weighted by molar-refractivity contribution is 9.10. The van der Waals surface area contributed by atoms with Crippen molar-refractivity contribution in [3.05, 3.63) is 68.9 Å². The second-order valence-corrected chi connectivity index (χ2v) is 6.59. The van der Waals surface area contributed by atoms with Crippen LogP contribution in [0.5, 0.6) is 0 Å². The maximum absolute atomic E-state index is 12.8. The van der Waals surface area contributed by atoms with Crippen LogP contribution in [0.4, 0.5) is 5.95 Å². The van der Waals surface area contributed by atoms with Gasteiger partial charge in [0.25, 0.3) is 5.56 Å². The smallest absolute Gasteiger partial charge is 0.262 e. The Kier molecular flexibility index (Phi) is 6.14. The van der Waals surface area contributed by atoms with E-state index in [2.05, 4.69) is 31.4 Å². The van der Waals surface area contributed by atoms with Crippen molar-refractivity contribution in [1.82, 2.24) is 9.55 Å². The van der Waals surface area contributed by atoms with E-state index in [0.717, 1.165) is 10.0 Å². The van der Waals surface area contributed by atoms with Gasteiger partial charge in [-0.05, 0) is 36.2 Å². The number of fused-ring (bicyclic) bond motifs is 1. The number of hydrogen-bond donors (Lipinski definition) is 1. The number of anilines is 1. The highest BCUT2D eigenvalue weighted by Crippen LogP contribution is 2.12. The predicted molar refractivity (Wildman–Crippen MR) is 108 cm³/mol. The molecule has 0 saturated carbocycles. The number of benzene rings is 2. The number of halogens is 1. The molecule has 0 atom stereocenters. The van der Waals surface area contributed by atoms with Crippen LogP contribution in [0.25, 0.3) is 10.9 Å². The Bertz CT molecular complexity index is 967. The first-order valence-corrected chi connectivity index (χ1v) is 9.01. The minimum Gasteiger partial charge on any atom is -0.385 e. The first-order valence-electron chi connectivity index (χ1n) is 8.22. The molecule has 0 spiro atoms. The number of para-hydroxylation sites is 1. The Morgan fingerprint density at radius 1 is 1.23 bits per heavy atom. The van der Waals surface area contributed by atoms with Crippen molar-refractivity contribution in [1.29, 1.82) is 0 Å². The Morgan fingerprint density at radius 2 is 2.00 bits per heavy atom. The lowest BCUT2D eigenvalue weighted by Crippen LogP contribution is -2.24. The molecule has 0 amide bonds. The molecule has 0 aliphatic rings. The number of aromatic nitrogens is 2. The normalized spacial score (nSPS) is 11.3. The number of ether oxygens (including phenoxy) is 1. The van der Waals surface area contributed by atoms with Crippen molar-refractivity contribution in [3.63, 3.8) is 0 Å². The van der Waals surface area contributed by atoms with Crippen LogP contribution in [0.2, 0.25) is 0 Å². The van der Waals surface area contributed by atoms with Crippen LogP contribution in [-0.2, 0) is 11.3 Å². The molecular formula is C19H19BrN4O2. The Balaban J connectivity index is 1.90. The summed E-state index contributed by atoms with van der Waals surface area (Å²) in [6.45, 7) is 1.07. The van der Waals surface area contributed by atoms with E-state index in [1.807, 2.05) is 42.5 Å². The molecule has 1 N–H and O–H groups in total. The summed E-state index contributed by atoms with van der Waals surface area (Å²) in [6.07, 6.45) is 2.40. The summed E-state index contributed by atoms with van der Waals surface area (Å²) in [6, 6.07) is 15.1. The SMILES string of the molecule is COCCCn1c(N/N=C\c2ccc(Br)cc2)nc2ccccc2c1=O. The van der Waals surface area contributed by atoms with Gasteiger partial charge in [0.2, 0.25) is 5.95 Å². The van der Waals surface area contributed by atoms with Crippen LogP contribution in [0.15, 0.2) is 62.9 Å². The molecule has 7 heteroatoms. The average molecular weight is 415 g/mol. The summed E-state index contributed by atoms with van der Waals surface area (Å²) in [5.74, 6) is 0.415. The monoisotopic (exact) mass is 414 g/mol. The van der Waals surface area contributed by atoms with Gasteiger partial charge in [0.05, 0.1) is 17.1 Å². The molecule has 1 heterocycles. The van der Waals surface area contributed by atoms with E-state index in [1.165, 1.54) is 0 Å². The maximum Gasteiger partial charge on any atom is 0.262 e. The van der Waals surface area contributed by atoms with Crippen LogP contribution in [0.3, 0.4) is 0 Å². The van der Waals surface area contributed by atoms with Gasteiger partial charge in [-0.15, -0.1) is 0 Å². The lowest BCUT2D eigenvalue weighted by Gasteiger charge is -2.12. The fourth-order valence-corrected chi connectivity index (χ4v) is 2.81. The Hall–Kier alpha value is -2.51. The Labute approximate surface area is 159 Å². The molecule has 0 aliphatic carbocycles. The highest BCUT2D eigenvalue weighted by Gasteiger charge is 2.10. The number of hydrogen-bond acceptors (Lipinski definition) is 5. The summed E-state index contributed by atoms with van der Waals surface area (Å²) in [7, 11) is 1.64. The molecule has 0 bridgehead atoms. The van der Waals surface area contributed by atoms with Gasteiger partial charge in [-0.25, -0.2) is 10.4 Å². The summed E-state index contributed by atoms with van der Waals surface area (Å²) < 4.78 is 7.69. The third kappa shape index (κ3) is 4.36. The van der Waals surface area contributed by atoms with Crippen molar-refractivity contribution >= 4 is 39.0 Å². The van der Waals surface area contributed by atoms with E-state index in [0.29, 0.717) is 36.4 Å². The first kappa shape index (κ1) is 18.3. The van der Waals surface area contributed by atoms with Crippen LogP contribution in [0.1, 0.15) is 12.0 Å². The zero-order valence-electron chi connectivity index (χ0n) is 14.4. The summed E-state index contributed by atoms with van der Waals surface area (Å²) in [4.78, 5) is 17.3. The molecule has 0 unspecified atom stereocenters. The van der Waals surface area contributed by atoms with Gasteiger partial charge in [-0.2, -0.15) is 5.10 Å². The van der Waals surface area contributed by atoms with E-state index in [4.69, 9.17) is 4.74 Å². The van der Waals surface area contributed by atoms with Gasteiger partial charge in [-0.3, -0.25) is 9.36 Å². The molecule has 6 nitrogen and oxygen atoms in total. The molecule has 0 radical (unpaired) electrons. The van der Waals surface area contributed by atoms with Crippen molar-refractivity contribution in [2.75, 3.05) is 19.1 Å². The van der Waals surface area contributed by atoms with E-state index < -0.39 is 0 Å². The quantitative estimate of drug-likeness (QED) is 0.364. The van der Waals surface area contributed by atoms with Crippen molar-refractivity contribution in [2.45, 2.75) is 13.0 Å². The zero-order valence-corrected chi connectivity index (χ0v) is 15.9. The second-order valence-electron chi connectivity index (χ2n) is 5.68. The van der Waals surface area contributed by atoms with Gasteiger partial charge >= 0.3 is 0 Å². The van der Waals surface area contributed by atoms with Crippen molar-refractivity contribution < 1.29 is 4.74 Å². The van der Waals surface area contributed by atoms with Crippen molar-refractivity contribution in [2.24, 2.45) is 5.10 Å². The van der Waals surface area contributed by atoms with Crippen LogP contribution in [-0.4, -0.2) is 29.5 Å². The zero-order chi connectivity index (χ0) is 18.4. The van der Waals surface area contributed by atoms with Crippen LogP contribution in [0, 0.1) is 0 Å². The third-order valence-corrected chi connectivity index (χ3v) is 4.37. The van der Waals surface area contributed by atoms with Gasteiger partial charge in [-0.1, -0.05) is 40.2 Å². The lowest BCUT2D eigenvalue weighted by molar-refractivity contribution is 0.190. The predicted octanol–water partition coefficient (Wildman–Crippen LogP) is 3.64. The molecule has 3 aromatic rings. The van der Waals surface area contributed by atoms with Gasteiger partial charge in [0.15, 0.2) is 0 Å². The fraction of sp³-hybridized carbons (Fsp3) is 0.211. The number of nitrogens with one attached hydrogen (secondary N) is 1. The average Bonchev–Trinajstić information content (AvgIpc) is 2.66. The van der Waals surface area contributed by atoms with E-state index in [1.54, 1.807) is 24.0 Å².